The Morgan fingerprint density at radius 3 is 2.62 bits per heavy atom. The fourth-order valence-electron chi connectivity index (χ4n) is 2.91. The standard InChI is InChI=1S/C11H19N3O.ClH/c15-11-13-7-10(8-3-4-8)14(11)9-2-1-5-12-6-9;/h8-10,12H,1-7H2,(H,13,15);1H. The summed E-state index contributed by atoms with van der Waals surface area (Å²) in [6, 6.07) is 1.09. The molecule has 0 aromatic rings. The van der Waals surface area contributed by atoms with Crippen LogP contribution < -0.4 is 10.6 Å². The van der Waals surface area contributed by atoms with Gasteiger partial charge in [-0.2, -0.15) is 0 Å². The van der Waals surface area contributed by atoms with Gasteiger partial charge in [0.15, 0.2) is 0 Å². The summed E-state index contributed by atoms with van der Waals surface area (Å²) in [5.74, 6) is 0.783. The molecular formula is C11H20ClN3O. The van der Waals surface area contributed by atoms with Crippen molar-refractivity contribution in [2.75, 3.05) is 19.6 Å². The Labute approximate surface area is 103 Å². The highest BCUT2D eigenvalue weighted by atomic mass is 35.5. The lowest BCUT2D eigenvalue weighted by Gasteiger charge is -2.34. The van der Waals surface area contributed by atoms with Crippen LogP contribution in [0, 0.1) is 5.92 Å². The van der Waals surface area contributed by atoms with Crippen molar-refractivity contribution in [1.82, 2.24) is 15.5 Å². The predicted molar refractivity (Wildman–Crippen MR) is 64.9 cm³/mol. The zero-order valence-corrected chi connectivity index (χ0v) is 10.3. The summed E-state index contributed by atoms with van der Waals surface area (Å²) in [6.45, 7) is 2.97. The van der Waals surface area contributed by atoms with Crippen molar-refractivity contribution in [3.8, 4) is 0 Å². The highest BCUT2D eigenvalue weighted by Crippen LogP contribution is 2.38. The van der Waals surface area contributed by atoms with Crippen LogP contribution in [0.1, 0.15) is 25.7 Å². The molecule has 2 amide bonds. The minimum atomic E-state index is 0. The van der Waals surface area contributed by atoms with Crippen LogP contribution in [0.15, 0.2) is 0 Å². The molecule has 2 aliphatic heterocycles. The molecule has 1 aliphatic carbocycles. The van der Waals surface area contributed by atoms with Crippen molar-refractivity contribution in [1.29, 1.82) is 0 Å². The highest BCUT2D eigenvalue weighted by molar-refractivity contribution is 5.85. The maximum Gasteiger partial charge on any atom is 0.318 e. The number of hydrogen-bond donors (Lipinski definition) is 2. The highest BCUT2D eigenvalue weighted by Gasteiger charge is 2.44. The Kier molecular flexibility index (Phi) is 3.60. The molecule has 1 saturated carbocycles. The van der Waals surface area contributed by atoms with Crippen LogP contribution in [-0.4, -0.2) is 42.6 Å². The number of carbonyl (C=O) groups is 1. The molecule has 2 unspecified atom stereocenters. The second kappa shape index (κ2) is 4.80. The summed E-state index contributed by atoms with van der Waals surface area (Å²) in [6.07, 6.45) is 5.00. The number of halogens is 1. The molecule has 2 atom stereocenters. The summed E-state index contributed by atoms with van der Waals surface area (Å²) < 4.78 is 0. The molecule has 4 nitrogen and oxygen atoms in total. The van der Waals surface area contributed by atoms with Crippen LogP contribution in [0.5, 0.6) is 0 Å². The van der Waals surface area contributed by atoms with Gasteiger partial charge in [0, 0.05) is 19.1 Å². The quantitative estimate of drug-likeness (QED) is 0.761. The number of rotatable bonds is 2. The van der Waals surface area contributed by atoms with Crippen molar-refractivity contribution in [2.45, 2.75) is 37.8 Å². The Morgan fingerprint density at radius 1 is 1.19 bits per heavy atom. The molecule has 2 saturated heterocycles. The van der Waals surface area contributed by atoms with E-state index in [1.807, 2.05) is 0 Å². The van der Waals surface area contributed by atoms with E-state index in [-0.39, 0.29) is 18.4 Å². The Hall–Kier alpha value is -0.480. The second-order valence-corrected chi connectivity index (χ2v) is 5.00. The van der Waals surface area contributed by atoms with E-state index in [1.54, 1.807) is 0 Å². The van der Waals surface area contributed by atoms with Gasteiger partial charge in [0.05, 0.1) is 6.04 Å². The molecule has 0 aromatic carbocycles. The summed E-state index contributed by atoms with van der Waals surface area (Å²) in [5.41, 5.74) is 0. The van der Waals surface area contributed by atoms with E-state index in [0.717, 1.165) is 25.6 Å². The maximum absolute atomic E-state index is 11.8. The van der Waals surface area contributed by atoms with Crippen molar-refractivity contribution in [2.24, 2.45) is 5.92 Å². The Balaban J connectivity index is 0.000000963. The first-order valence-electron chi connectivity index (χ1n) is 6.13. The fourth-order valence-corrected chi connectivity index (χ4v) is 2.91. The van der Waals surface area contributed by atoms with Gasteiger partial charge in [-0.25, -0.2) is 4.79 Å². The van der Waals surface area contributed by atoms with Gasteiger partial charge in [-0.15, -0.1) is 12.4 Å². The van der Waals surface area contributed by atoms with Gasteiger partial charge in [-0.1, -0.05) is 0 Å². The normalized spacial score (nSPS) is 34.5. The van der Waals surface area contributed by atoms with E-state index in [2.05, 4.69) is 15.5 Å². The summed E-state index contributed by atoms with van der Waals surface area (Å²) in [5, 5.41) is 6.39. The van der Waals surface area contributed by atoms with E-state index < -0.39 is 0 Å². The molecule has 0 bridgehead atoms. The lowest BCUT2D eigenvalue weighted by atomic mass is 10.0. The Bertz CT molecular complexity index is 264. The average molecular weight is 246 g/mol. The smallest absolute Gasteiger partial charge is 0.318 e. The first kappa shape index (κ1) is 12.0. The van der Waals surface area contributed by atoms with Crippen LogP contribution in [-0.2, 0) is 0 Å². The molecule has 0 radical (unpaired) electrons. The van der Waals surface area contributed by atoms with E-state index in [1.165, 1.54) is 25.7 Å². The zero-order valence-electron chi connectivity index (χ0n) is 9.45. The first-order valence-corrected chi connectivity index (χ1v) is 6.13. The third kappa shape index (κ3) is 2.13. The lowest BCUT2D eigenvalue weighted by molar-refractivity contribution is 0.151. The molecule has 16 heavy (non-hydrogen) atoms. The van der Waals surface area contributed by atoms with Crippen molar-refractivity contribution in [3.63, 3.8) is 0 Å². The molecule has 3 rings (SSSR count). The topological polar surface area (TPSA) is 44.4 Å². The summed E-state index contributed by atoms with van der Waals surface area (Å²) in [4.78, 5) is 13.9. The third-order valence-corrected chi connectivity index (χ3v) is 3.88. The maximum atomic E-state index is 11.8. The molecule has 5 heteroatoms. The van der Waals surface area contributed by atoms with Gasteiger partial charge in [-0.05, 0) is 38.1 Å². The third-order valence-electron chi connectivity index (χ3n) is 3.88. The number of nitrogens with zero attached hydrogens (tertiary/aromatic N) is 1. The van der Waals surface area contributed by atoms with Crippen molar-refractivity contribution < 1.29 is 4.79 Å². The van der Waals surface area contributed by atoms with E-state index in [0.29, 0.717) is 12.1 Å². The van der Waals surface area contributed by atoms with Crippen LogP contribution in [0.3, 0.4) is 0 Å². The number of hydrogen-bond acceptors (Lipinski definition) is 2. The van der Waals surface area contributed by atoms with E-state index >= 15 is 0 Å². The number of amides is 2. The van der Waals surface area contributed by atoms with Gasteiger partial charge in [0.1, 0.15) is 0 Å². The van der Waals surface area contributed by atoms with E-state index in [9.17, 15) is 4.79 Å². The summed E-state index contributed by atoms with van der Waals surface area (Å²) >= 11 is 0. The predicted octanol–water partition coefficient (Wildman–Crippen LogP) is 0.964. The fraction of sp³-hybridized carbons (Fsp3) is 0.909. The molecule has 0 spiro atoms. The number of piperidine rings is 1. The van der Waals surface area contributed by atoms with Gasteiger partial charge < -0.3 is 15.5 Å². The Morgan fingerprint density at radius 2 is 2.00 bits per heavy atom. The minimum absolute atomic E-state index is 0. The van der Waals surface area contributed by atoms with Crippen LogP contribution >= 0.6 is 12.4 Å². The van der Waals surface area contributed by atoms with Gasteiger partial charge in [0.2, 0.25) is 0 Å². The van der Waals surface area contributed by atoms with Gasteiger partial charge in [0.25, 0.3) is 0 Å². The monoisotopic (exact) mass is 245 g/mol. The van der Waals surface area contributed by atoms with Crippen LogP contribution in [0.2, 0.25) is 0 Å². The SMILES string of the molecule is Cl.O=C1NCC(C2CC2)N1C1CCCNC1. The number of carbonyl (C=O) groups excluding carboxylic acids is 1. The van der Waals surface area contributed by atoms with Gasteiger partial charge >= 0.3 is 6.03 Å². The van der Waals surface area contributed by atoms with Gasteiger partial charge in [-0.3, -0.25) is 0 Å². The average Bonchev–Trinajstić information content (AvgIpc) is 3.04. The van der Waals surface area contributed by atoms with Crippen molar-refractivity contribution in [3.05, 3.63) is 0 Å². The summed E-state index contributed by atoms with van der Waals surface area (Å²) in [7, 11) is 0. The molecule has 0 aromatic heterocycles. The zero-order chi connectivity index (χ0) is 10.3. The molecule has 2 N–H and O–H groups in total. The van der Waals surface area contributed by atoms with Crippen LogP contribution in [0.25, 0.3) is 0 Å². The lowest BCUT2D eigenvalue weighted by Crippen LogP contribution is -2.50. The van der Waals surface area contributed by atoms with Crippen LogP contribution in [0.4, 0.5) is 4.79 Å². The molecular weight excluding hydrogens is 226 g/mol. The van der Waals surface area contributed by atoms with Crippen molar-refractivity contribution >= 4 is 18.4 Å². The number of urea groups is 1. The molecule has 2 heterocycles. The molecule has 92 valence electrons. The first-order chi connectivity index (χ1) is 7.36. The second-order valence-electron chi connectivity index (χ2n) is 5.00. The largest absolute Gasteiger partial charge is 0.336 e. The molecule has 3 fully saturated rings. The van der Waals surface area contributed by atoms with E-state index in [4.69, 9.17) is 0 Å². The molecule has 3 aliphatic rings. The minimum Gasteiger partial charge on any atom is -0.336 e. The number of nitrogens with one attached hydrogen (secondary N) is 2.